The molecule has 0 spiro atoms. The number of pyridine rings is 1. The lowest BCUT2D eigenvalue weighted by molar-refractivity contribution is -0.0515. The summed E-state index contributed by atoms with van der Waals surface area (Å²) >= 11 is 5.85. The SMILES string of the molecule is CC(Oc1ccnc(Cl)c1)c1ccc(OC(F)F)c(OCC2CC2)c1. The molecule has 1 aromatic carbocycles. The fourth-order valence-corrected chi connectivity index (χ4v) is 2.47. The van der Waals surface area contributed by atoms with Gasteiger partial charge in [0.25, 0.3) is 0 Å². The van der Waals surface area contributed by atoms with Crippen LogP contribution in [-0.2, 0) is 0 Å². The topological polar surface area (TPSA) is 40.6 Å². The number of aromatic nitrogens is 1. The zero-order chi connectivity index (χ0) is 17.8. The van der Waals surface area contributed by atoms with Gasteiger partial charge in [0.1, 0.15) is 17.0 Å². The highest BCUT2D eigenvalue weighted by Crippen LogP contribution is 2.36. The molecule has 1 aliphatic rings. The Balaban J connectivity index is 1.75. The van der Waals surface area contributed by atoms with Gasteiger partial charge in [-0.3, -0.25) is 0 Å². The Kier molecular flexibility index (Phi) is 5.58. The molecule has 3 rings (SSSR count). The highest BCUT2D eigenvalue weighted by atomic mass is 35.5. The standard InChI is InChI=1S/C18H18ClF2NO3/c1-11(24-14-6-7-22-17(19)9-14)13-4-5-15(25-18(20)21)16(8-13)23-10-12-2-3-12/h4-9,11-12,18H,2-3,10H2,1H3. The summed E-state index contributed by atoms with van der Waals surface area (Å²) < 4.78 is 41.2. The first-order valence-electron chi connectivity index (χ1n) is 8.01. The van der Waals surface area contributed by atoms with Gasteiger partial charge < -0.3 is 14.2 Å². The van der Waals surface area contributed by atoms with E-state index in [0.717, 1.165) is 18.4 Å². The second-order valence-electron chi connectivity index (χ2n) is 5.91. The Morgan fingerprint density at radius 2 is 1.96 bits per heavy atom. The van der Waals surface area contributed by atoms with Crippen LogP contribution in [0.15, 0.2) is 36.5 Å². The van der Waals surface area contributed by atoms with Crippen molar-refractivity contribution in [2.75, 3.05) is 6.61 Å². The van der Waals surface area contributed by atoms with E-state index in [-0.39, 0.29) is 11.9 Å². The van der Waals surface area contributed by atoms with Crippen LogP contribution in [0.25, 0.3) is 0 Å². The number of ether oxygens (including phenoxy) is 3. The summed E-state index contributed by atoms with van der Waals surface area (Å²) in [5.41, 5.74) is 0.778. The number of hydrogen-bond acceptors (Lipinski definition) is 4. The van der Waals surface area contributed by atoms with Crippen LogP contribution in [0.1, 0.15) is 31.4 Å². The third-order valence-electron chi connectivity index (χ3n) is 3.84. The van der Waals surface area contributed by atoms with E-state index in [2.05, 4.69) is 9.72 Å². The van der Waals surface area contributed by atoms with E-state index in [0.29, 0.717) is 29.2 Å². The van der Waals surface area contributed by atoms with Gasteiger partial charge in [-0.05, 0) is 49.4 Å². The van der Waals surface area contributed by atoms with Gasteiger partial charge in [-0.25, -0.2) is 4.98 Å². The molecular formula is C18H18ClF2NO3. The summed E-state index contributed by atoms with van der Waals surface area (Å²) in [5.74, 6) is 1.39. The van der Waals surface area contributed by atoms with Gasteiger partial charge >= 0.3 is 6.61 Å². The summed E-state index contributed by atoms with van der Waals surface area (Å²) in [5, 5.41) is 0.332. The Hall–Kier alpha value is -2.08. The largest absolute Gasteiger partial charge is 0.489 e. The second-order valence-corrected chi connectivity index (χ2v) is 6.30. The van der Waals surface area contributed by atoms with E-state index in [9.17, 15) is 8.78 Å². The van der Waals surface area contributed by atoms with Crippen LogP contribution in [0.3, 0.4) is 0 Å². The normalized spacial score (nSPS) is 15.1. The molecule has 0 saturated heterocycles. The summed E-state index contributed by atoms with van der Waals surface area (Å²) in [7, 11) is 0. The molecule has 1 aromatic heterocycles. The number of rotatable bonds is 8. The van der Waals surface area contributed by atoms with Gasteiger partial charge in [0.05, 0.1) is 6.61 Å². The number of nitrogens with zero attached hydrogens (tertiary/aromatic N) is 1. The molecule has 0 N–H and O–H groups in total. The van der Waals surface area contributed by atoms with Crippen molar-refractivity contribution in [2.45, 2.75) is 32.5 Å². The molecule has 0 radical (unpaired) electrons. The first-order valence-corrected chi connectivity index (χ1v) is 8.39. The Bertz CT molecular complexity index is 725. The summed E-state index contributed by atoms with van der Waals surface area (Å²) in [6, 6.07) is 8.13. The van der Waals surface area contributed by atoms with Crippen molar-refractivity contribution in [3.8, 4) is 17.2 Å². The minimum atomic E-state index is -2.90. The van der Waals surface area contributed by atoms with Gasteiger partial charge in [0, 0.05) is 12.3 Å². The molecule has 1 heterocycles. The highest BCUT2D eigenvalue weighted by molar-refractivity contribution is 6.29. The molecule has 0 aliphatic heterocycles. The molecule has 0 bridgehead atoms. The minimum absolute atomic E-state index is 0.0264. The van der Waals surface area contributed by atoms with Crippen LogP contribution >= 0.6 is 11.6 Å². The lowest BCUT2D eigenvalue weighted by Gasteiger charge is -2.18. The predicted molar refractivity (Wildman–Crippen MR) is 89.6 cm³/mol. The Labute approximate surface area is 149 Å². The molecule has 1 saturated carbocycles. The van der Waals surface area contributed by atoms with E-state index < -0.39 is 6.61 Å². The zero-order valence-electron chi connectivity index (χ0n) is 13.6. The van der Waals surface area contributed by atoms with Crippen LogP contribution in [-0.4, -0.2) is 18.2 Å². The van der Waals surface area contributed by atoms with Crippen molar-refractivity contribution in [3.05, 3.63) is 47.2 Å². The van der Waals surface area contributed by atoms with Gasteiger partial charge in [-0.1, -0.05) is 17.7 Å². The summed E-state index contributed by atoms with van der Waals surface area (Å²) in [6.45, 7) is -0.554. The van der Waals surface area contributed by atoms with Crippen molar-refractivity contribution in [2.24, 2.45) is 5.92 Å². The molecule has 134 valence electrons. The lowest BCUT2D eigenvalue weighted by Crippen LogP contribution is -2.08. The molecule has 1 aliphatic carbocycles. The summed E-state index contributed by atoms with van der Waals surface area (Å²) in [6.07, 6.45) is 3.43. The molecule has 1 atom stereocenters. The first kappa shape index (κ1) is 17.7. The van der Waals surface area contributed by atoms with Crippen LogP contribution < -0.4 is 14.2 Å². The predicted octanol–water partition coefficient (Wildman–Crippen LogP) is 5.27. The van der Waals surface area contributed by atoms with Gasteiger partial charge in [-0.2, -0.15) is 8.78 Å². The van der Waals surface area contributed by atoms with Crippen molar-refractivity contribution < 1.29 is 23.0 Å². The van der Waals surface area contributed by atoms with Gasteiger partial charge in [0.15, 0.2) is 11.5 Å². The van der Waals surface area contributed by atoms with Crippen molar-refractivity contribution in [1.82, 2.24) is 4.98 Å². The summed E-state index contributed by atoms with van der Waals surface area (Å²) in [4.78, 5) is 3.90. The fourth-order valence-electron chi connectivity index (χ4n) is 2.31. The molecule has 4 nitrogen and oxygen atoms in total. The molecule has 0 amide bonds. The smallest absolute Gasteiger partial charge is 0.387 e. The van der Waals surface area contributed by atoms with E-state index in [1.54, 1.807) is 30.5 Å². The minimum Gasteiger partial charge on any atom is -0.489 e. The maximum atomic E-state index is 12.6. The molecule has 2 aromatic rings. The first-order chi connectivity index (χ1) is 12.0. The zero-order valence-corrected chi connectivity index (χ0v) is 14.4. The monoisotopic (exact) mass is 369 g/mol. The van der Waals surface area contributed by atoms with E-state index in [1.165, 1.54) is 6.07 Å². The fraction of sp³-hybridized carbons (Fsp3) is 0.389. The third kappa shape index (κ3) is 5.19. The van der Waals surface area contributed by atoms with Crippen LogP contribution in [0.2, 0.25) is 5.15 Å². The van der Waals surface area contributed by atoms with Crippen molar-refractivity contribution in [1.29, 1.82) is 0 Å². The van der Waals surface area contributed by atoms with Crippen molar-refractivity contribution in [3.63, 3.8) is 0 Å². The van der Waals surface area contributed by atoms with Gasteiger partial charge in [0.2, 0.25) is 0 Å². The second kappa shape index (κ2) is 7.87. The quantitative estimate of drug-likeness (QED) is 0.595. The highest BCUT2D eigenvalue weighted by Gasteiger charge is 2.23. The van der Waals surface area contributed by atoms with Crippen LogP contribution in [0, 0.1) is 5.92 Å². The average Bonchev–Trinajstić information content (AvgIpc) is 3.37. The van der Waals surface area contributed by atoms with Crippen LogP contribution in [0.5, 0.6) is 17.2 Å². The maximum Gasteiger partial charge on any atom is 0.387 e. The molecule has 1 unspecified atom stereocenters. The molecular weight excluding hydrogens is 352 g/mol. The van der Waals surface area contributed by atoms with E-state index in [4.69, 9.17) is 21.1 Å². The Morgan fingerprint density at radius 3 is 2.64 bits per heavy atom. The van der Waals surface area contributed by atoms with Gasteiger partial charge in [-0.15, -0.1) is 0 Å². The van der Waals surface area contributed by atoms with Crippen LogP contribution in [0.4, 0.5) is 8.78 Å². The number of halogens is 3. The van der Waals surface area contributed by atoms with E-state index in [1.807, 2.05) is 6.92 Å². The number of alkyl halides is 2. The lowest BCUT2D eigenvalue weighted by atomic mass is 10.1. The van der Waals surface area contributed by atoms with Crippen molar-refractivity contribution >= 4 is 11.6 Å². The Morgan fingerprint density at radius 1 is 1.16 bits per heavy atom. The maximum absolute atomic E-state index is 12.6. The number of hydrogen-bond donors (Lipinski definition) is 0. The molecule has 1 fully saturated rings. The van der Waals surface area contributed by atoms with E-state index >= 15 is 0 Å². The molecule has 25 heavy (non-hydrogen) atoms. The average molecular weight is 370 g/mol. The number of benzene rings is 1. The molecule has 7 heteroatoms. The third-order valence-corrected chi connectivity index (χ3v) is 4.04.